The SMILES string of the molecule is Cc1cc(C(=O)N2CC[C@H]3O[C@@H](c4nnc(C5CC5)o4)C[C@H]3C2)no1. The minimum atomic E-state index is -0.153. The summed E-state index contributed by atoms with van der Waals surface area (Å²) >= 11 is 0. The number of nitrogens with zero attached hydrogens (tertiary/aromatic N) is 4. The minimum absolute atomic E-state index is 0.0763. The Hall–Kier alpha value is -2.22. The van der Waals surface area contributed by atoms with Crippen molar-refractivity contribution in [2.24, 2.45) is 5.92 Å². The molecule has 1 amide bonds. The van der Waals surface area contributed by atoms with Crippen molar-refractivity contribution in [3.05, 3.63) is 29.3 Å². The van der Waals surface area contributed by atoms with Crippen molar-refractivity contribution in [1.29, 1.82) is 0 Å². The van der Waals surface area contributed by atoms with Gasteiger partial charge in [0.2, 0.25) is 11.8 Å². The van der Waals surface area contributed by atoms with E-state index in [1.165, 1.54) is 0 Å². The number of rotatable bonds is 3. The topological polar surface area (TPSA) is 94.5 Å². The first-order chi connectivity index (χ1) is 12.2. The van der Waals surface area contributed by atoms with Crippen molar-refractivity contribution in [3.63, 3.8) is 0 Å². The van der Waals surface area contributed by atoms with Crippen LogP contribution in [0.5, 0.6) is 0 Å². The summed E-state index contributed by atoms with van der Waals surface area (Å²) < 4.78 is 16.9. The Labute approximate surface area is 144 Å². The number of hydrogen-bond donors (Lipinski definition) is 0. The number of likely N-dealkylation sites (tertiary alicyclic amines) is 1. The highest BCUT2D eigenvalue weighted by Crippen LogP contribution is 2.43. The lowest BCUT2D eigenvalue weighted by Gasteiger charge is -2.33. The van der Waals surface area contributed by atoms with Gasteiger partial charge >= 0.3 is 0 Å². The molecule has 0 unspecified atom stereocenters. The van der Waals surface area contributed by atoms with E-state index >= 15 is 0 Å². The van der Waals surface area contributed by atoms with Crippen LogP contribution in [0.3, 0.4) is 0 Å². The van der Waals surface area contributed by atoms with E-state index in [9.17, 15) is 4.79 Å². The first-order valence-electron chi connectivity index (χ1n) is 8.88. The number of carbonyl (C=O) groups is 1. The van der Waals surface area contributed by atoms with E-state index in [2.05, 4.69) is 15.4 Å². The van der Waals surface area contributed by atoms with E-state index in [0.29, 0.717) is 36.4 Å². The van der Waals surface area contributed by atoms with E-state index < -0.39 is 0 Å². The lowest BCUT2D eigenvalue weighted by Crippen LogP contribution is -2.44. The molecule has 1 saturated carbocycles. The van der Waals surface area contributed by atoms with Gasteiger partial charge in [0.05, 0.1) is 6.10 Å². The van der Waals surface area contributed by atoms with Crippen LogP contribution in [-0.4, -0.2) is 45.4 Å². The molecule has 0 aromatic carbocycles. The molecular formula is C17H20N4O4. The normalized spacial score (nSPS) is 29.0. The highest BCUT2D eigenvalue weighted by atomic mass is 16.5. The van der Waals surface area contributed by atoms with Gasteiger partial charge in [0.1, 0.15) is 11.9 Å². The summed E-state index contributed by atoms with van der Waals surface area (Å²) in [7, 11) is 0. The number of piperidine rings is 1. The molecule has 0 spiro atoms. The smallest absolute Gasteiger partial charge is 0.276 e. The van der Waals surface area contributed by atoms with Crippen molar-refractivity contribution in [3.8, 4) is 0 Å². The van der Waals surface area contributed by atoms with Gasteiger partial charge in [-0.25, -0.2) is 0 Å². The van der Waals surface area contributed by atoms with Crippen LogP contribution in [0.4, 0.5) is 0 Å². The van der Waals surface area contributed by atoms with E-state index in [1.54, 1.807) is 13.0 Å². The van der Waals surface area contributed by atoms with Crippen LogP contribution in [0, 0.1) is 12.8 Å². The third-order valence-corrected chi connectivity index (χ3v) is 5.31. The summed E-state index contributed by atoms with van der Waals surface area (Å²) in [4.78, 5) is 14.4. The number of carbonyl (C=O) groups excluding carboxylic acids is 1. The second-order valence-corrected chi connectivity index (χ2v) is 7.27. The molecule has 1 aliphatic carbocycles. The Kier molecular flexibility index (Phi) is 3.41. The molecule has 2 aromatic heterocycles. The molecule has 8 heteroatoms. The third kappa shape index (κ3) is 2.74. The average Bonchev–Trinajstić information content (AvgIpc) is 3.03. The Morgan fingerprint density at radius 2 is 2.08 bits per heavy atom. The summed E-state index contributed by atoms with van der Waals surface area (Å²) in [6.07, 6.45) is 3.88. The molecule has 25 heavy (non-hydrogen) atoms. The summed E-state index contributed by atoms with van der Waals surface area (Å²) in [6, 6.07) is 1.68. The molecule has 3 aliphatic rings. The van der Waals surface area contributed by atoms with Gasteiger partial charge in [-0.15, -0.1) is 10.2 Å². The van der Waals surface area contributed by atoms with Crippen molar-refractivity contribution in [2.75, 3.05) is 13.1 Å². The van der Waals surface area contributed by atoms with Gasteiger partial charge < -0.3 is 18.6 Å². The number of fused-ring (bicyclic) bond motifs is 1. The molecule has 0 bridgehead atoms. The fourth-order valence-corrected chi connectivity index (χ4v) is 3.80. The van der Waals surface area contributed by atoms with Crippen LogP contribution in [0.15, 0.2) is 15.0 Å². The van der Waals surface area contributed by atoms with Gasteiger partial charge in [0.25, 0.3) is 5.91 Å². The zero-order valence-electron chi connectivity index (χ0n) is 14.1. The highest BCUT2D eigenvalue weighted by molar-refractivity contribution is 5.92. The lowest BCUT2D eigenvalue weighted by atomic mass is 9.92. The average molecular weight is 344 g/mol. The maximum Gasteiger partial charge on any atom is 0.276 e. The molecule has 5 rings (SSSR count). The van der Waals surface area contributed by atoms with E-state index in [1.807, 2.05) is 4.90 Å². The minimum Gasteiger partial charge on any atom is -0.422 e. The fourth-order valence-electron chi connectivity index (χ4n) is 3.80. The molecule has 2 saturated heterocycles. The number of amides is 1. The van der Waals surface area contributed by atoms with E-state index in [-0.39, 0.29) is 24.0 Å². The summed E-state index contributed by atoms with van der Waals surface area (Å²) in [6.45, 7) is 3.11. The summed E-state index contributed by atoms with van der Waals surface area (Å²) in [5, 5.41) is 12.2. The Balaban J connectivity index is 1.26. The summed E-state index contributed by atoms with van der Waals surface area (Å²) in [5.74, 6) is 2.63. The fraction of sp³-hybridized carbons (Fsp3) is 0.647. The van der Waals surface area contributed by atoms with Crippen LogP contribution >= 0.6 is 0 Å². The van der Waals surface area contributed by atoms with Crippen molar-refractivity contribution < 1.29 is 18.5 Å². The van der Waals surface area contributed by atoms with Crippen LogP contribution < -0.4 is 0 Å². The first-order valence-corrected chi connectivity index (χ1v) is 8.88. The van der Waals surface area contributed by atoms with Gasteiger partial charge in [0.15, 0.2) is 5.69 Å². The lowest BCUT2D eigenvalue weighted by molar-refractivity contribution is -0.00656. The molecule has 132 valence electrons. The summed E-state index contributed by atoms with van der Waals surface area (Å²) in [5.41, 5.74) is 0.373. The van der Waals surface area contributed by atoms with Crippen molar-refractivity contribution in [1.82, 2.24) is 20.3 Å². The van der Waals surface area contributed by atoms with Crippen molar-refractivity contribution in [2.45, 2.75) is 50.7 Å². The molecule has 2 aliphatic heterocycles. The predicted molar refractivity (Wildman–Crippen MR) is 83.8 cm³/mol. The second-order valence-electron chi connectivity index (χ2n) is 7.27. The van der Waals surface area contributed by atoms with Gasteiger partial charge in [-0.05, 0) is 32.6 Å². The maximum atomic E-state index is 12.6. The second kappa shape index (κ2) is 5.66. The molecule has 0 radical (unpaired) electrons. The number of hydrogen-bond acceptors (Lipinski definition) is 7. The number of aryl methyl sites for hydroxylation is 1. The Morgan fingerprint density at radius 3 is 2.84 bits per heavy atom. The zero-order valence-corrected chi connectivity index (χ0v) is 14.1. The molecule has 4 heterocycles. The molecular weight excluding hydrogens is 324 g/mol. The van der Waals surface area contributed by atoms with Crippen LogP contribution in [0.1, 0.15) is 65.7 Å². The van der Waals surface area contributed by atoms with Crippen LogP contribution in [0.2, 0.25) is 0 Å². The molecule has 2 aromatic rings. The highest BCUT2D eigenvalue weighted by Gasteiger charge is 2.43. The Morgan fingerprint density at radius 1 is 1.24 bits per heavy atom. The van der Waals surface area contributed by atoms with Crippen LogP contribution in [0.25, 0.3) is 0 Å². The van der Waals surface area contributed by atoms with Crippen LogP contribution in [-0.2, 0) is 4.74 Å². The standard InChI is InChI=1S/C17H20N4O4/c1-9-6-12(20-25-9)17(22)21-5-4-13-11(8-21)7-14(23-13)16-19-18-15(24-16)10-2-3-10/h6,10-11,13-14H,2-5,7-8H2,1H3/t11-,13+,14+/m0/s1. The van der Waals surface area contributed by atoms with Gasteiger partial charge in [-0.3, -0.25) is 4.79 Å². The zero-order chi connectivity index (χ0) is 17.0. The molecule has 0 N–H and O–H groups in total. The number of aromatic nitrogens is 3. The third-order valence-electron chi connectivity index (χ3n) is 5.31. The van der Waals surface area contributed by atoms with E-state index in [4.69, 9.17) is 13.7 Å². The Bertz CT molecular complexity index is 796. The largest absolute Gasteiger partial charge is 0.422 e. The number of ether oxygens (including phenoxy) is 1. The molecule has 8 nitrogen and oxygen atoms in total. The van der Waals surface area contributed by atoms with Crippen molar-refractivity contribution >= 4 is 5.91 Å². The predicted octanol–water partition coefficient (Wildman–Crippen LogP) is 2.24. The first kappa shape index (κ1) is 15.1. The van der Waals surface area contributed by atoms with Gasteiger partial charge in [-0.1, -0.05) is 5.16 Å². The van der Waals surface area contributed by atoms with Gasteiger partial charge in [0, 0.05) is 31.0 Å². The molecule has 3 atom stereocenters. The monoisotopic (exact) mass is 344 g/mol. The van der Waals surface area contributed by atoms with E-state index in [0.717, 1.165) is 31.6 Å². The maximum absolute atomic E-state index is 12.6. The van der Waals surface area contributed by atoms with Gasteiger partial charge in [-0.2, -0.15) is 0 Å². The molecule has 3 fully saturated rings. The quantitative estimate of drug-likeness (QED) is 0.842.